The topological polar surface area (TPSA) is 102 Å². The first-order valence-corrected chi connectivity index (χ1v) is 8.51. The van der Waals surface area contributed by atoms with Crippen LogP contribution in [0.2, 0.25) is 0 Å². The minimum Gasteiger partial charge on any atom is -0.454 e. The van der Waals surface area contributed by atoms with Crippen LogP contribution < -0.4 is 5.32 Å². The van der Waals surface area contributed by atoms with Gasteiger partial charge in [0, 0.05) is 13.2 Å². The van der Waals surface area contributed by atoms with E-state index in [0.29, 0.717) is 13.2 Å². The maximum Gasteiger partial charge on any atom is 0.329 e. The molecule has 1 aromatic rings. The molecule has 0 saturated carbocycles. The molecule has 1 N–H and O–H groups in total. The lowest BCUT2D eigenvalue weighted by molar-refractivity contribution is -0.151. The lowest BCUT2D eigenvalue weighted by Crippen LogP contribution is -2.44. The highest BCUT2D eigenvalue weighted by molar-refractivity contribution is 6.22. The molecule has 2 heterocycles. The zero-order valence-corrected chi connectivity index (χ0v) is 14.4. The highest BCUT2D eigenvalue weighted by Crippen LogP contribution is 2.24. The van der Waals surface area contributed by atoms with Crippen molar-refractivity contribution in [2.75, 3.05) is 19.8 Å². The molecule has 0 spiro atoms. The second-order valence-electron chi connectivity index (χ2n) is 6.25. The second-order valence-corrected chi connectivity index (χ2v) is 6.25. The van der Waals surface area contributed by atoms with Crippen molar-refractivity contribution in [3.05, 3.63) is 35.4 Å². The molecule has 1 saturated heterocycles. The van der Waals surface area contributed by atoms with E-state index in [2.05, 4.69) is 5.32 Å². The van der Waals surface area contributed by atoms with Crippen LogP contribution in [-0.4, -0.2) is 60.5 Å². The number of nitrogens with zero attached hydrogens (tertiary/aromatic N) is 1. The normalized spacial score (nSPS) is 20.0. The quantitative estimate of drug-likeness (QED) is 0.586. The molecule has 0 radical (unpaired) electrons. The number of nitrogens with one attached hydrogen (secondary N) is 1. The summed E-state index contributed by atoms with van der Waals surface area (Å²) in [6, 6.07) is 5.25. The van der Waals surface area contributed by atoms with E-state index in [1.165, 1.54) is 19.1 Å². The van der Waals surface area contributed by atoms with Crippen molar-refractivity contribution in [1.29, 1.82) is 0 Å². The van der Waals surface area contributed by atoms with Crippen LogP contribution in [0.5, 0.6) is 0 Å². The third-order valence-corrected chi connectivity index (χ3v) is 4.45. The number of hydrogen-bond acceptors (Lipinski definition) is 6. The number of hydrogen-bond donors (Lipinski definition) is 1. The van der Waals surface area contributed by atoms with Crippen LogP contribution in [0.4, 0.5) is 0 Å². The molecule has 1 fully saturated rings. The number of amides is 3. The van der Waals surface area contributed by atoms with Crippen molar-refractivity contribution in [2.24, 2.45) is 0 Å². The monoisotopic (exact) mass is 360 g/mol. The predicted molar refractivity (Wildman–Crippen MR) is 89.3 cm³/mol. The number of carbonyl (C=O) groups is 4. The summed E-state index contributed by atoms with van der Waals surface area (Å²) in [5, 5.41) is 2.63. The van der Waals surface area contributed by atoms with E-state index in [-0.39, 0.29) is 17.2 Å². The van der Waals surface area contributed by atoms with Crippen LogP contribution in [0.25, 0.3) is 0 Å². The van der Waals surface area contributed by atoms with Crippen LogP contribution >= 0.6 is 0 Å². The van der Waals surface area contributed by atoms with Gasteiger partial charge < -0.3 is 14.8 Å². The summed E-state index contributed by atoms with van der Waals surface area (Å²) in [6.45, 7) is 1.98. The van der Waals surface area contributed by atoms with Crippen LogP contribution in [0.3, 0.4) is 0 Å². The van der Waals surface area contributed by atoms with Crippen LogP contribution in [0.15, 0.2) is 24.3 Å². The van der Waals surface area contributed by atoms with Gasteiger partial charge in [-0.1, -0.05) is 12.1 Å². The van der Waals surface area contributed by atoms with Crippen molar-refractivity contribution in [2.45, 2.75) is 31.9 Å². The number of rotatable bonds is 6. The lowest BCUT2D eigenvalue weighted by atomic mass is 10.1. The Morgan fingerprint density at radius 2 is 1.92 bits per heavy atom. The predicted octanol–water partition coefficient (Wildman–Crippen LogP) is 0.510. The molecule has 2 atom stereocenters. The van der Waals surface area contributed by atoms with E-state index in [1.54, 1.807) is 12.1 Å². The zero-order chi connectivity index (χ0) is 18.7. The molecule has 3 amide bonds. The van der Waals surface area contributed by atoms with Crippen LogP contribution in [0.1, 0.15) is 40.5 Å². The smallest absolute Gasteiger partial charge is 0.329 e. The van der Waals surface area contributed by atoms with Crippen molar-refractivity contribution in [3.8, 4) is 0 Å². The molecule has 2 aliphatic rings. The van der Waals surface area contributed by atoms with Gasteiger partial charge in [0.2, 0.25) is 0 Å². The van der Waals surface area contributed by atoms with E-state index in [0.717, 1.165) is 17.7 Å². The molecule has 2 aliphatic heterocycles. The van der Waals surface area contributed by atoms with Crippen LogP contribution in [-0.2, 0) is 19.1 Å². The fourth-order valence-electron chi connectivity index (χ4n) is 3.01. The van der Waals surface area contributed by atoms with Crippen molar-refractivity contribution in [3.63, 3.8) is 0 Å². The number of carbonyl (C=O) groups excluding carboxylic acids is 4. The minimum absolute atomic E-state index is 0.00748. The molecule has 0 unspecified atom stereocenters. The molecule has 138 valence electrons. The van der Waals surface area contributed by atoms with Crippen molar-refractivity contribution in [1.82, 2.24) is 10.2 Å². The number of fused-ring (bicyclic) bond motifs is 1. The largest absolute Gasteiger partial charge is 0.454 e. The van der Waals surface area contributed by atoms with Gasteiger partial charge in [-0.25, -0.2) is 4.79 Å². The van der Waals surface area contributed by atoms with Gasteiger partial charge in [-0.15, -0.1) is 0 Å². The number of benzene rings is 1. The Balaban J connectivity index is 1.51. The minimum atomic E-state index is -1.12. The van der Waals surface area contributed by atoms with Crippen LogP contribution in [0, 0.1) is 0 Å². The summed E-state index contributed by atoms with van der Waals surface area (Å²) in [4.78, 5) is 49.5. The number of esters is 1. The summed E-state index contributed by atoms with van der Waals surface area (Å²) in [6.07, 6.45) is 1.84. The Hall–Kier alpha value is -2.74. The average molecular weight is 360 g/mol. The van der Waals surface area contributed by atoms with Gasteiger partial charge in [-0.3, -0.25) is 19.3 Å². The van der Waals surface area contributed by atoms with E-state index in [1.807, 2.05) is 0 Å². The molecule has 3 rings (SSSR count). The Morgan fingerprint density at radius 1 is 1.27 bits per heavy atom. The molecule has 0 aromatic heterocycles. The summed E-state index contributed by atoms with van der Waals surface area (Å²) >= 11 is 0. The van der Waals surface area contributed by atoms with E-state index >= 15 is 0 Å². The van der Waals surface area contributed by atoms with Gasteiger partial charge in [0.25, 0.3) is 17.7 Å². The maximum atomic E-state index is 12.3. The summed E-state index contributed by atoms with van der Waals surface area (Å²) in [5.41, 5.74) is 0.512. The SMILES string of the molecule is C[C@H](C(=O)OCC(=O)NC[C@@H]1CCCO1)N1C(=O)c2ccccc2C1=O. The highest BCUT2D eigenvalue weighted by Gasteiger charge is 2.41. The standard InChI is InChI=1S/C18H20N2O6/c1-11(20-16(22)13-6-2-3-7-14(13)17(20)23)18(24)26-10-15(21)19-9-12-5-4-8-25-12/h2-3,6-7,11-12H,4-5,8-10H2,1H3,(H,19,21)/t11-,12+/m1/s1. The molecule has 26 heavy (non-hydrogen) atoms. The molecule has 1 aromatic carbocycles. The highest BCUT2D eigenvalue weighted by atomic mass is 16.5. The van der Waals surface area contributed by atoms with E-state index in [9.17, 15) is 19.2 Å². The summed E-state index contributed by atoms with van der Waals surface area (Å²) in [5.74, 6) is -2.36. The second kappa shape index (κ2) is 7.65. The average Bonchev–Trinajstić information content (AvgIpc) is 3.25. The fourth-order valence-corrected chi connectivity index (χ4v) is 3.01. The molecular formula is C18H20N2O6. The van der Waals surface area contributed by atoms with Gasteiger partial charge in [0.05, 0.1) is 17.2 Å². The summed E-state index contributed by atoms with van der Waals surface area (Å²) < 4.78 is 10.3. The molecule has 0 aliphatic carbocycles. The number of imide groups is 1. The first-order chi connectivity index (χ1) is 12.5. The summed E-state index contributed by atoms with van der Waals surface area (Å²) in [7, 11) is 0. The lowest BCUT2D eigenvalue weighted by Gasteiger charge is -2.20. The molecule has 8 heteroatoms. The van der Waals surface area contributed by atoms with Gasteiger partial charge in [-0.2, -0.15) is 0 Å². The third-order valence-electron chi connectivity index (χ3n) is 4.45. The van der Waals surface area contributed by atoms with E-state index < -0.39 is 36.3 Å². The zero-order valence-electron chi connectivity index (χ0n) is 14.4. The van der Waals surface area contributed by atoms with Gasteiger partial charge in [0.1, 0.15) is 6.04 Å². The first kappa shape index (κ1) is 18.1. The van der Waals surface area contributed by atoms with E-state index in [4.69, 9.17) is 9.47 Å². The number of ether oxygens (including phenoxy) is 2. The molecule has 0 bridgehead atoms. The fraction of sp³-hybridized carbons (Fsp3) is 0.444. The Kier molecular flexibility index (Phi) is 5.32. The maximum absolute atomic E-state index is 12.3. The Bertz CT molecular complexity index is 706. The van der Waals surface area contributed by atoms with Gasteiger partial charge >= 0.3 is 5.97 Å². The first-order valence-electron chi connectivity index (χ1n) is 8.51. The van der Waals surface area contributed by atoms with Crippen molar-refractivity contribution >= 4 is 23.7 Å². The Morgan fingerprint density at radius 3 is 2.50 bits per heavy atom. The molecular weight excluding hydrogens is 340 g/mol. The molecule has 8 nitrogen and oxygen atoms in total. The third kappa shape index (κ3) is 3.60. The van der Waals surface area contributed by atoms with Gasteiger partial charge in [0.15, 0.2) is 6.61 Å². The Labute approximate surface area is 150 Å². The van der Waals surface area contributed by atoms with Crippen molar-refractivity contribution < 1.29 is 28.7 Å². The van der Waals surface area contributed by atoms with Gasteiger partial charge in [-0.05, 0) is 31.9 Å².